The predicted octanol–water partition coefficient (Wildman–Crippen LogP) is 0.314. The number of carbonyl (C=O) groups excluding carboxylic acids is 3. The predicted molar refractivity (Wildman–Crippen MR) is 56.2 cm³/mol. The van der Waals surface area contributed by atoms with Gasteiger partial charge >= 0.3 is 5.97 Å². The Morgan fingerprint density at radius 3 is 2.29 bits per heavy atom. The van der Waals surface area contributed by atoms with Crippen LogP contribution in [-0.4, -0.2) is 29.4 Å². The van der Waals surface area contributed by atoms with Gasteiger partial charge in [0.05, 0.1) is 11.8 Å². The fourth-order valence-electron chi connectivity index (χ4n) is 3.25. The molecule has 3 rings (SSSR count). The molecule has 2 aliphatic carbocycles. The molecule has 0 aromatic heterocycles. The van der Waals surface area contributed by atoms with Crippen LogP contribution in [0.4, 0.5) is 0 Å². The zero-order valence-corrected chi connectivity index (χ0v) is 9.46. The Bertz CT molecular complexity index is 412. The normalized spacial score (nSPS) is 37.8. The maximum absolute atomic E-state index is 12.1. The van der Waals surface area contributed by atoms with Crippen LogP contribution in [0.25, 0.3) is 0 Å². The number of fused-ring (bicyclic) bond motifs is 5. The maximum atomic E-state index is 12.1. The first-order chi connectivity index (χ1) is 8.09. The first-order valence-electron chi connectivity index (χ1n) is 5.76. The van der Waals surface area contributed by atoms with Crippen LogP contribution < -0.4 is 0 Å². The highest BCUT2D eigenvalue weighted by atomic mass is 16.5. The van der Waals surface area contributed by atoms with Gasteiger partial charge in [0.15, 0.2) is 6.73 Å². The van der Waals surface area contributed by atoms with Crippen LogP contribution in [0.3, 0.4) is 0 Å². The van der Waals surface area contributed by atoms with Crippen molar-refractivity contribution < 1.29 is 19.1 Å². The lowest BCUT2D eigenvalue weighted by molar-refractivity contribution is -0.155. The molecule has 0 N–H and O–H groups in total. The average molecular weight is 235 g/mol. The fourth-order valence-corrected chi connectivity index (χ4v) is 3.25. The lowest BCUT2D eigenvalue weighted by Crippen LogP contribution is -2.35. The molecule has 0 spiro atoms. The molecule has 2 amide bonds. The second-order valence-electron chi connectivity index (χ2n) is 4.87. The Kier molecular flexibility index (Phi) is 2.11. The second-order valence-corrected chi connectivity index (χ2v) is 4.87. The molecule has 1 heterocycles. The summed E-state index contributed by atoms with van der Waals surface area (Å²) < 4.78 is 4.75. The van der Waals surface area contributed by atoms with Gasteiger partial charge in [0.25, 0.3) is 0 Å². The Labute approximate surface area is 98.4 Å². The van der Waals surface area contributed by atoms with Gasteiger partial charge in [-0.15, -0.1) is 0 Å². The molecular formula is C12H13NO4. The standard InChI is InChI=1S/C12H13NO4/c1-6(14)17-5-13-11(15)9-7-2-3-8(4-7)10(9)12(13)16/h2-3,7-10H,4-5H2,1H3. The number of imide groups is 1. The number of esters is 1. The summed E-state index contributed by atoms with van der Waals surface area (Å²) in [6, 6.07) is 0. The van der Waals surface area contributed by atoms with Gasteiger partial charge in [-0.2, -0.15) is 0 Å². The van der Waals surface area contributed by atoms with Gasteiger partial charge in [-0.25, -0.2) is 4.90 Å². The van der Waals surface area contributed by atoms with E-state index in [0.29, 0.717) is 0 Å². The molecule has 2 bridgehead atoms. The van der Waals surface area contributed by atoms with E-state index >= 15 is 0 Å². The van der Waals surface area contributed by atoms with Crippen molar-refractivity contribution in [3.8, 4) is 0 Å². The summed E-state index contributed by atoms with van der Waals surface area (Å²) in [6.45, 7) is 1.02. The summed E-state index contributed by atoms with van der Waals surface area (Å²) >= 11 is 0. The molecule has 0 radical (unpaired) electrons. The van der Waals surface area contributed by atoms with Gasteiger partial charge < -0.3 is 4.74 Å². The van der Waals surface area contributed by atoms with E-state index in [1.165, 1.54) is 6.92 Å². The number of likely N-dealkylation sites (tertiary alicyclic amines) is 1. The third-order valence-corrected chi connectivity index (χ3v) is 3.96. The number of hydrogen-bond acceptors (Lipinski definition) is 4. The Balaban J connectivity index is 1.80. The van der Waals surface area contributed by atoms with E-state index in [1.807, 2.05) is 12.2 Å². The molecule has 2 fully saturated rings. The summed E-state index contributed by atoms with van der Waals surface area (Å²) in [5.74, 6) is -0.881. The van der Waals surface area contributed by atoms with Crippen molar-refractivity contribution >= 4 is 17.8 Å². The van der Waals surface area contributed by atoms with Crippen molar-refractivity contribution in [3.63, 3.8) is 0 Å². The van der Waals surface area contributed by atoms with Crippen molar-refractivity contribution in [2.75, 3.05) is 6.73 Å². The first kappa shape index (κ1) is 10.5. The SMILES string of the molecule is CC(=O)OCN1C(=O)C2C3C=CC(C3)C2C1=O. The quantitative estimate of drug-likeness (QED) is 0.392. The van der Waals surface area contributed by atoms with Gasteiger partial charge in [-0.1, -0.05) is 12.2 Å². The smallest absolute Gasteiger partial charge is 0.304 e. The third kappa shape index (κ3) is 1.34. The largest absolute Gasteiger partial charge is 0.444 e. The highest BCUT2D eigenvalue weighted by molar-refractivity contribution is 6.06. The van der Waals surface area contributed by atoms with E-state index in [4.69, 9.17) is 4.74 Å². The van der Waals surface area contributed by atoms with Crippen LogP contribution in [-0.2, 0) is 19.1 Å². The minimum absolute atomic E-state index is 0.182. The summed E-state index contributed by atoms with van der Waals surface area (Å²) in [5.41, 5.74) is 0. The number of rotatable bonds is 2. The maximum Gasteiger partial charge on any atom is 0.304 e. The highest BCUT2D eigenvalue weighted by Gasteiger charge is 2.59. The molecule has 17 heavy (non-hydrogen) atoms. The minimum atomic E-state index is -0.483. The van der Waals surface area contributed by atoms with Crippen LogP contribution in [0.2, 0.25) is 0 Å². The zero-order valence-electron chi connectivity index (χ0n) is 9.46. The number of ether oxygens (including phenoxy) is 1. The van der Waals surface area contributed by atoms with Crippen LogP contribution >= 0.6 is 0 Å². The summed E-state index contributed by atoms with van der Waals surface area (Å²) in [6.07, 6.45) is 4.98. The van der Waals surface area contributed by atoms with E-state index < -0.39 is 5.97 Å². The van der Waals surface area contributed by atoms with Crippen molar-refractivity contribution in [2.45, 2.75) is 13.3 Å². The fraction of sp³-hybridized carbons (Fsp3) is 0.583. The molecule has 90 valence electrons. The number of hydrogen-bond donors (Lipinski definition) is 0. The van der Waals surface area contributed by atoms with E-state index in [1.54, 1.807) is 0 Å². The minimum Gasteiger partial charge on any atom is -0.444 e. The number of nitrogens with zero attached hydrogens (tertiary/aromatic N) is 1. The van der Waals surface area contributed by atoms with Crippen molar-refractivity contribution in [1.29, 1.82) is 0 Å². The Hall–Kier alpha value is -1.65. The number of amides is 2. The molecule has 5 nitrogen and oxygen atoms in total. The molecule has 4 unspecified atom stereocenters. The van der Waals surface area contributed by atoms with E-state index in [-0.39, 0.29) is 42.2 Å². The number of allylic oxidation sites excluding steroid dienone is 2. The molecule has 1 saturated heterocycles. The Morgan fingerprint density at radius 2 is 1.82 bits per heavy atom. The molecule has 0 aromatic rings. The zero-order chi connectivity index (χ0) is 12.2. The topological polar surface area (TPSA) is 63.7 Å². The molecule has 0 aromatic carbocycles. The van der Waals surface area contributed by atoms with E-state index in [2.05, 4.69) is 0 Å². The third-order valence-electron chi connectivity index (χ3n) is 3.96. The summed E-state index contributed by atoms with van der Waals surface area (Å²) in [5, 5.41) is 0. The average Bonchev–Trinajstić information content (AvgIpc) is 2.92. The van der Waals surface area contributed by atoms with Crippen LogP contribution in [0.1, 0.15) is 13.3 Å². The first-order valence-corrected chi connectivity index (χ1v) is 5.76. The molecule has 5 heteroatoms. The van der Waals surface area contributed by atoms with Gasteiger partial charge in [-0.05, 0) is 18.3 Å². The molecule has 1 saturated carbocycles. The lowest BCUT2D eigenvalue weighted by atomic mass is 9.85. The molecule has 4 atom stereocenters. The van der Waals surface area contributed by atoms with Gasteiger partial charge in [-0.3, -0.25) is 14.4 Å². The number of carbonyl (C=O) groups is 3. The summed E-state index contributed by atoms with van der Waals surface area (Å²) in [7, 11) is 0. The monoisotopic (exact) mass is 235 g/mol. The lowest BCUT2D eigenvalue weighted by Gasteiger charge is -2.16. The second kappa shape index (κ2) is 3.42. The molecular weight excluding hydrogens is 222 g/mol. The Morgan fingerprint density at radius 1 is 1.29 bits per heavy atom. The van der Waals surface area contributed by atoms with Gasteiger partial charge in [0.1, 0.15) is 0 Å². The highest BCUT2D eigenvalue weighted by Crippen LogP contribution is 2.52. The van der Waals surface area contributed by atoms with Crippen LogP contribution in [0.5, 0.6) is 0 Å². The van der Waals surface area contributed by atoms with Gasteiger partial charge in [0, 0.05) is 6.92 Å². The van der Waals surface area contributed by atoms with Crippen LogP contribution in [0, 0.1) is 23.7 Å². The summed E-state index contributed by atoms with van der Waals surface area (Å²) in [4.78, 5) is 36.0. The van der Waals surface area contributed by atoms with E-state index in [9.17, 15) is 14.4 Å². The van der Waals surface area contributed by atoms with Crippen LogP contribution in [0.15, 0.2) is 12.2 Å². The van der Waals surface area contributed by atoms with Crippen molar-refractivity contribution in [1.82, 2.24) is 4.90 Å². The van der Waals surface area contributed by atoms with Crippen molar-refractivity contribution in [2.24, 2.45) is 23.7 Å². The van der Waals surface area contributed by atoms with E-state index in [0.717, 1.165) is 11.3 Å². The van der Waals surface area contributed by atoms with Gasteiger partial charge in [0.2, 0.25) is 11.8 Å². The molecule has 1 aliphatic heterocycles. The molecule has 3 aliphatic rings. The van der Waals surface area contributed by atoms with Crippen molar-refractivity contribution in [3.05, 3.63) is 12.2 Å².